The third-order valence-electron chi connectivity index (χ3n) is 4.85. The molecule has 0 radical (unpaired) electrons. The molecule has 122 valence electrons. The van der Waals surface area contributed by atoms with Crippen molar-refractivity contribution < 1.29 is 9.21 Å². The van der Waals surface area contributed by atoms with Gasteiger partial charge in [-0.1, -0.05) is 12.1 Å². The lowest BCUT2D eigenvalue weighted by Crippen LogP contribution is -2.49. The van der Waals surface area contributed by atoms with Gasteiger partial charge in [-0.3, -0.25) is 14.3 Å². The molecule has 0 N–H and O–H groups in total. The van der Waals surface area contributed by atoms with Crippen LogP contribution in [-0.2, 0) is 11.3 Å². The number of aromatic nitrogens is 1. The predicted molar refractivity (Wildman–Crippen MR) is 86.3 cm³/mol. The van der Waals surface area contributed by atoms with E-state index in [0.29, 0.717) is 18.5 Å². The van der Waals surface area contributed by atoms with Crippen molar-refractivity contribution in [1.29, 1.82) is 0 Å². The van der Waals surface area contributed by atoms with E-state index in [2.05, 4.69) is 4.90 Å². The van der Waals surface area contributed by atoms with Crippen molar-refractivity contribution >= 4 is 17.0 Å². The number of aryl methyl sites for hydroxylation is 1. The summed E-state index contributed by atoms with van der Waals surface area (Å²) in [4.78, 5) is 28.7. The molecular formula is C17H21N3O3. The van der Waals surface area contributed by atoms with Gasteiger partial charge in [-0.05, 0) is 25.0 Å². The van der Waals surface area contributed by atoms with Gasteiger partial charge in [0, 0.05) is 45.2 Å². The lowest BCUT2D eigenvalue weighted by molar-refractivity contribution is -0.133. The SMILES string of the molecule is O=C(CCn1c(=O)oc2ccccc21)N1CCN(C2CC2)CC1. The van der Waals surface area contributed by atoms with Gasteiger partial charge >= 0.3 is 5.76 Å². The molecule has 0 spiro atoms. The summed E-state index contributed by atoms with van der Waals surface area (Å²) in [6.45, 7) is 3.93. The molecule has 2 heterocycles. The summed E-state index contributed by atoms with van der Waals surface area (Å²) in [5, 5.41) is 0. The topological polar surface area (TPSA) is 58.7 Å². The Bertz CT molecular complexity index is 767. The van der Waals surface area contributed by atoms with Crippen molar-refractivity contribution in [3.05, 3.63) is 34.8 Å². The third-order valence-corrected chi connectivity index (χ3v) is 4.85. The summed E-state index contributed by atoms with van der Waals surface area (Å²) in [5.41, 5.74) is 1.33. The third kappa shape index (κ3) is 2.91. The standard InChI is InChI=1S/C17H21N3O3/c21-16(19-11-9-18(10-12-19)13-5-6-13)7-8-20-14-3-1-2-4-15(14)23-17(20)22/h1-4,13H,5-12H2. The summed E-state index contributed by atoms with van der Waals surface area (Å²) in [7, 11) is 0. The Balaban J connectivity index is 1.37. The van der Waals surface area contributed by atoms with E-state index in [4.69, 9.17) is 4.42 Å². The molecular weight excluding hydrogens is 294 g/mol. The molecule has 2 aliphatic rings. The maximum Gasteiger partial charge on any atom is 0.419 e. The second-order valence-corrected chi connectivity index (χ2v) is 6.39. The second kappa shape index (κ2) is 5.85. The molecule has 1 aliphatic carbocycles. The van der Waals surface area contributed by atoms with Crippen LogP contribution in [0.15, 0.2) is 33.5 Å². The maximum atomic E-state index is 12.4. The van der Waals surface area contributed by atoms with Gasteiger partial charge in [0.15, 0.2) is 5.58 Å². The number of hydrogen-bond acceptors (Lipinski definition) is 4. The highest BCUT2D eigenvalue weighted by atomic mass is 16.4. The molecule has 4 rings (SSSR count). The molecule has 6 nitrogen and oxygen atoms in total. The van der Waals surface area contributed by atoms with E-state index in [1.807, 2.05) is 23.1 Å². The van der Waals surface area contributed by atoms with E-state index < -0.39 is 5.76 Å². The number of nitrogens with zero attached hydrogens (tertiary/aromatic N) is 3. The minimum atomic E-state index is -0.391. The van der Waals surface area contributed by atoms with E-state index >= 15 is 0 Å². The van der Waals surface area contributed by atoms with Gasteiger partial charge in [0.1, 0.15) is 0 Å². The Morgan fingerprint density at radius 2 is 1.87 bits per heavy atom. The smallest absolute Gasteiger partial charge is 0.408 e. The first-order valence-corrected chi connectivity index (χ1v) is 8.32. The van der Waals surface area contributed by atoms with E-state index in [-0.39, 0.29) is 5.91 Å². The van der Waals surface area contributed by atoms with Crippen LogP contribution in [0.25, 0.3) is 11.1 Å². The first kappa shape index (κ1) is 14.5. The van der Waals surface area contributed by atoms with Crippen molar-refractivity contribution in [2.45, 2.75) is 31.8 Å². The summed E-state index contributed by atoms with van der Waals surface area (Å²) < 4.78 is 6.75. The number of carbonyl (C=O) groups excluding carboxylic acids is 1. The Hall–Kier alpha value is -2.08. The number of benzene rings is 1. The average Bonchev–Trinajstić information content (AvgIpc) is 3.37. The van der Waals surface area contributed by atoms with Crippen LogP contribution in [0.4, 0.5) is 0 Å². The number of carbonyl (C=O) groups is 1. The summed E-state index contributed by atoms with van der Waals surface area (Å²) in [6.07, 6.45) is 2.96. The Kier molecular flexibility index (Phi) is 3.69. The van der Waals surface area contributed by atoms with Crippen LogP contribution in [0.5, 0.6) is 0 Å². The highest BCUT2D eigenvalue weighted by molar-refractivity contribution is 5.77. The van der Waals surface area contributed by atoms with Crippen LogP contribution >= 0.6 is 0 Å². The maximum absolute atomic E-state index is 12.4. The summed E-state index contributed by atoms with van der Waals surface area (Å²) in [5.74, 6) is -0.268. The fourth-order valence-electron chi connectivity index (χ4n) is 3.37. The number of fused-ring (bicyclic) bond motifs is 1. The predicted octanol–water partition coefficient (Wildman–Crippen LogP) is 1.29. The molecule has 0 atom stereocenters. The van der Waals surface area contributed by atoms with Crippen LogP contribution in [-0.4, -0.2) is 52.5 Å². The van der Waals surface area contributed by atoms with Crippen LogP contribution < -0.4 is 5.76 Å². The molecule has 1 aromatic heterocycles. The van der Waals surface area contributed by atoms with Crippen molar-refractivity contribution in [3.63, 3.8) is 0 Å². The largest absolute Gasteiger partial charge is 0.419 e. The van der Waals surface area contributed by atoms with Crippen molar-refractivity contribution in [2.75, 3.05) is 26.2 Å². The van der Waals surface area contributed by atoms with Crippen molar-refractivity contribution in [2.24, 2.45) is 0 Å². The van der Waals surface area contributed by atoms with E-state index in [9.17, 15) is 9.59 Å². The zero-order valence-corrected chi connectivity index (χ0v) is 13.1. The number of piperazine rings is 1. The van der Waals surface area contributed by atoms with Crippen LogP contribution in [0.1, 0.15) is 19.3 Å². The fourth-order valence-corrected chi connectivity index (χ4v) is 3.37. The zero-order chi connectivity index (χ0) is 15.8. The molecule has 0 unspecified atom stereocenters. The summed E-state index contributed by atoms with van der Waals surface area (Å²) in [6, 6.07) is 8.08. The monoisotopic (exact) mass is 315 g/mol. The van der Waals surface area contributed by atoms with Gasteiger partial charge in [0.2, 0.25) is 5.91 Å². The Labute approximate surface area is 134 Å². The zero-order valence-electron chi connectivity index (χ0n) is 13.1. The van der Waals surface area contributed by atoms with Gasteiger partial charge in [0.25, 0.3) is 0 Å². The lowest BCUT2D eigenvalue weighted by Gasteiger charge is -2.34. The fraction of sp³-hybridized carbons (Fsp3) is 0.529. The molecule has 1 saturated carbocycles. The van der Waals surface area contributed by atoms with Gasteiger partial charge in [-0.15, -0.1) is 0 Å². The molecule has 0 bridgehead atoms. The van der Waals surface area contributed by atoms with Gasteiger partial charge in [0.05, 0.1) is 5.52 Å². The molecule has 1 aliphatic heterocycles. The molecule has 1 amide bonds. The van der Waals surface area contributed by atoms with Crippen molar-refractivity contribution in [1.82, 2.24) is 14.4 Å². The molecule has 1 aromatic carbocycles. The molecule has 23 heavy (non-hydrogen) atoms. The summed E-state index contributed by atoms with van der Waals surface area (Å²) >= 11 is 0. The van der Waals surface area contributed by atoms with E-state index in [1.165, 1.54) is 12.8 Å². The first-order valence-electron chi connectivity index (χ1n) is 8.32. The quantitative estimate of drug-likeness (QED) is 0.853. The van der Waals surface area contributed by atoms with E-state index in [1.54, 1.807) is 10.6 Å². The van der Waals surface area contributed by atoms with Gasteiger partial charge in [-0.2, -0.15) is 0 Å². The van der Waals surface area contributed by atoms with E-state index in [0.717, 1.165) is 37.7 Å². The van der Waals surface area contributed by atoms with Crippen molar-refractivity contribution in [3.8, 4) is 0 Å². The Morgan fingerprint density at radius 3 is 2.61 bits per heavy atom. The molecule has 1 saturated heterocycles. The van der Waals surface area contributed by atoms with Gasteiger partial charge in [-0.25, -0.2) is 4.79 Å². The van der Waals surface area contributed by atoms with Gasteiger partial charge < -0.3 is 9.32 Å². The number of para-hydroxylation sites is 2. The van der Waals surface area contributed by atoms with Crippen LogP contribution in [0.3, 0.4) is 0 Å². The number of oxazole rings is 1. The minimum absolute atomic E-state index is 0.123. The van der Waals surface area contributed by atoms with Crippen LogP contribution in [0, 0.1) is 0 Å². The normalized spacial score (nSPS) is 19.4. The van der Waals surface area contributed by atoms with Crippen LogP contribution in [0.2, 0.25) is 0 Å². The highest BCUT2D eigenvalue weighted by Crippen LogP contribution is 2.27. The number of amides is 1. The average molecular weight is 315 g/mol. The Morgan fingerprint density at radius 1 is 1.13 bits per heavy atom. The number of hydrogen-bond donors (Lipinski definition) is 0. The first-order chi connectivity index (χ1) is 11.2. The highest BCUT2D eigenvalue weighted by Gasteiger charge is 2.32. The molecule has 2 aromatic rings. The molecule has 6 heteroatoms. The number of rotatable bonds is 4. The second-order valence-electron chi connectivity index (χ2n) is 6.39. The minimum Gasteiger partial charge on any atom is -0.408 e. The molecule has 2 fully saturated rings. The lowest BCUT2D eigenvalue weighted by atomic mass is 10.2.